The molecule has 1 aromatic carbocycles. The molecule has 0 aliphatic carbocycles. The van der Waals surface area contributed by atoms with Gasteiger partial charge >= 0.3 is 0 Å². The summed E-state index contributed by atoms with van der Waals surface area (Å²) in [5.41, 5.74) is 1.74. The van der Waals surface area contributed by atoms with Crippen molar-refractivity contribution in [2.24, 2.45) is 5.92 Å². The number of carbonyl (C=O) groups excluding carboxylic acids is 2. The number of aromatic nitrogens is 2. The number of nitrogens with one attached hydrogen (secondary N) is 1. The minimum absolute atomic E-state index is 0.0172. The van der Waals surface area contributed by atoms with E-state index in [1.165, 1.54) is 0 Å². The van der Waals surface area contributed by atoms with Gasteiger partial charge in [-0.3, -0.25) is 9.59 Å². The molecule has 9 heteroatoms. The lowest BCUT2D eigenvalue weighted by Crippen LogP contribution is -2.41. The van der Waals surface area contributed by atoms with Crippen LogP contribution in [0, 0.1) is 19.8 Å². The largest absolute Gasteiger partial charge is 0.360 e. The van der Waals surface area contributed by atoms with Crippen LogP contribution in [0.4, 0.5) is 5.82 Å². The Morgan fingerprint density at radius 2 is 2.03 bits per heavy atom. The van der Waals surface area contributed by atoms with Crippen LogP contribution in [0.15, 0.2) is 45.1 Å². The first-order valence-electron chi connectivity index (χ1n) is 10.2. The highest BCUT2D eigenvalue weighted by molar-refractivity contribution is 7.98. The number of carbonyl (C=O) groups is 2. The Morgan fingerprint density at radius 1 is 1.26 bits per heavy atom. The molecule has 31 heavy (non-hydrogen) atoms. The number of likely N-dealkylation sites (tertiary alicyclic amines) is 1. The van der Waals surface area contributed by atoms with Gasteiger partial charge < -0.3 is 14.7 Å². The van der Waals surface area contributed by atoms with Crippen molar-refractivity contribution in [2.45, 2.75) is 37.3 Å². The molecule has 3 heterocycles. The van der Waals surface area contributed by atoms with Gasteiger partial charge in [0.1, 0.15) is 5.76 Å². The zero-order valence-electron chi connectivity index (χ0n) is 17.5. The topological polar surface area (TPSA) is 88.3 Å². The van der Waals surface area contributed by atoms with Crippen LogP contribution in [0.25, 0.3) is 0 Å². The van der Waals surface area contributed by atoms with Crippen LogP contribution >= 0.6 is 23.1 Å². The molecule has 0 radical (unpaired) electrons. The van der Waals surface area contributed by atoms with Crippen molar-refractivity contribution < 1.29 is 14.1 Å². The van der Waals surface area contributed by atoms with E-state index >= 15 is 0 Å². The van der Waals surface area contributed by atoms with Gasteiger partial charge in [-0.2, -0.15) is 0 Å². The summed E-state index contributed by atoms with van der Waals surface area (Å²) in [7, 11) is 0. The van der Waals surface area contributed by atoms with Crippen molar-refractivity contribution >= 4 is 40.7 Å². The van der Waals surface area contributed by atoms with Crippen LogP contribution < -0.4 is 5.32 Å². The Hall–Kier alpha value is -2.65. The first-order valence-corrected chi connectivity index (χ1v) is 12.0. The van der Waals surface area contributed by atoms with Gasteiger partial charge in [-0.15, -0.1) is 23.1 Å². The molecule has 4 rings (SSSR count). The van der Waals surface area contributed by atoms with E-state index in [2.05, 4.69) is 20.8 Å². The van der Waals surface area contributed by atoms with Crippen LogP contribution in [-0.2, 0) is 10.5 Å². The van der Waals surface area contributed by atoms with E-state index in [0.29, 0.717) is 43.1 Å². The molecular formula is C22H24N4O3S2. The van der Waals surface area contributed by atoms with E-state index in [9.17, 15) is 9.59 Å². The number of piperidine rings is 1. The van der Waals surface area contributed by atoms with Crippen molar-refractivity contribution in [3.8, 4) is 0 Å². The average Bonchev–Trinajstić information content (AvgIpc) is 3.39. The summed E-state index contributed by atoms with van der Waals surface area (Å²) in [6.45, 7) is 4.88. The number of hydrogen-bond acceptors (Lipinski definition) is 7. The molecule has 1 fully saturated rings. The van der Waals surface area contributed by atoms with Crippen LogP contribution in [-0.4, -0.2) is 39.9 Å². The van der Waals surface area contributed by atoms with Gasteiger partial charge in [0, 0.05) is 41.1 Å². The maximum Gasteiger partial charge on any atom is 0.254 e. The number of benzene rings is 1. The Bertz CT molecular complexity index is 1070. The van der Waals surface area contributed by atoms with Gasteiger partial charge in [-0.1, -0.05) is 17.3 Å². The van der Waals surface area contributed by atoms with Gasteiger partial charge in [-0.25, -0.2) is 4.98 Å². The molecule has 0 saturated carbocycles. The fourth-order valence-corrected chi connectivity index (χ4v) is 5.22. The molecule has 0 unspecified atom stereocenters. The van der Waals surface area contributed by atoms with Crippen molar-refractivity contribution in [1.82, 2.24) is 15.0 Å². The highest BCUT2D eigenvalue weighted by Crippen LogP contribution is 2.29. The molecule has 2 amide bonds. The third-order valence-corrected chi connectivity index (χ3v) is 7.12. The molecule has 1 aliphatic heterocycles. The zero-order valence-corrected chi connectivity index (χ0v) is 19.1. The van der Waals surface area contributed by atoms with Crippen LogP contribution in [0.1, 0.15) is 39.7 Å². The Labute approximate surface area is 189 Å². The number of nitrogens with zero attached hydrogens (tertiary/aromatic N) is 3. The van der Waals surface area contributed by atoms with E-state index in [1.807, 2.05) is 36.1 Å². The number of anilines is 1. The summed E-state index contributed by atoms with van der Waals surface area (Å²) >= 11 is 3.27. The smallest absolute Gasteiger partial charge is 0.254 e. The van der Waals surface area contributed by atoms with E-state index in [0.717, 1.165) is 21.3 Å². The fourth-order valence-electron chi connectivity index (χ4n) is 3.56. The summed E-state index contributed by atoms with van der Waals surface area (Å²) < 4.78 is 4.99. The number of amides is 2. The number of thiazole rings is 1. The maximum absolute atomic E-state index is 13.2. The van der Waals surface area contributed by atoms with Crippen LogP contribution in [0.5, 0.6) is 0 Å². The predicted octanol–water partition coefficient (Wildman–Crippen LogP) is 4.53. The fraction of sp³-hybridized carbons (Fsp3) is 0.364. The van der Waals surface area contributed by atoms with Gasteiger partial charge in [0.2, 0.25) is 5.91 Å². The second-order valence-corrected chi connectivity index (χ2v) is 9.60. The molecule has 0 bridgehead atoms. The highest BCUT2D eigenvalue weighted by Gasteiger charge is 2.29. The third-order valence-electron chi connectivity index (χ3n) is 5.19. The average molecular weight is 457 g/mol. The van der Waals surface area contributed by atoms with Crippen LogP contribution in [0.3, 0.4) is 0 Å². The van der Waals surface area contributed by atoms with Gasteiger partial charge in [0.05, 0.1) is 16.3 Å². The van der Waals surface area contributed by atoms with E-state index < -0.39 is 0 Å². The summed E-state index contributed by atoms with van der Waals surface area (Å²) in [6.07, 6.45) is 1.25. The molecule has 1 N–H and O–H groups in total. The summed E-state index contributed by atoms with van der Waals surface area (Å²) in [5.74, 6) is 1.62. The molecule has 0 atom stereocenters. The lowest BCUT2D eigenvalue weighted by Gasteiger charge is -2.31. The Balaban J connectivity index is 1.34. The molecule has 0 spiro atoms. The lowest BCUT2D eigenvalue weighted by molar-refractivity contribution is -0.121. The van der Waals surface area contributed by atoms with Crippen molar-refractivity contribution in [1.29, 1.82) is 0 Å². The zero-order chi connectivity index (χ0) is 21.8. The molecule has 162 valence electrons. The normalized spacial score (nSPS) is 14.6. The molecule has 7 nitrogen and oxygen atoms in total. The Kier molecular flexibility index (Phi) is 6.72. The first kappa shape index (κ1) is 21.6. The molecule has 1 aliphatic rings. The minimum atomic E-state index is -0.140. The minimum Gasteiger partial charge on any atom is -0.360 e. The second-order valence-electron chi connectivity index (χ2n) is 7.52. The molecular weight excluding hydrogens is 432 g/mol. The Morgan fingerprint density at radius 3 is 2.71 bits per heavy atom. The number of aryl methyl sites for hydroxylation is 2. The van der Waals surface area contributed by atoms with E-state index in [4.69, 9.17) is 4.52 Å². The maximum atomic E-state index is 13.2. The van der Waals surface area contributed by atoms with Crippen molar-refractivity contribution in [3.05, 3.63) is 57.7 Å². The second kappa shape index (κ2) is 9.65. The monoisotopic (exact) mass is 456 g/mol. The molecule has 2 aromatic heterocycles. The summed E-state index contributed by atoms with van der Waals surface area (Å²) in [5, 5.41) is 9.71. The summed E-state index contributed by atoms with van der Waals surface area (Å²) in [4.78, 5) is 33.0. The lowest BCUT2D eigenvalue weighted by atomic mass is 9.95. The predicted molar refractivity (Wildman–Crippen MR) is 121 cm³/mol. The SMILES string of the molecule is Cc1cc(NC(=O)C2CCN(C(=O)c3ccccc3SCc3csc(C)n3)CC2)no1. The van der Waals surface area contributed by atoms with Crippen LogP contribution in [0.2, 0.25) is 0 Å². The quantitative estimate of drug-likeness (QED) is 0.548. The van der Waals surface area contributed by atoms with Gasteiger partial charge in [-0.05, 0) is 38.8 Å². The number of hydrogen-bond donors (Lipinski definition) is 1. The molecule has 1 saturated heterocycles. The van der Waals surface area contributed by atoms with Gasteiger partial charge in [0.25, 0.3) is 5.91 Å². The van der Waals surface area contributed by atoms with Crippen molar-refractivity contribution in [3.63, 3.8) is 0 Å². The molecule has 3 aromatic rings. The van der Waals surface area contributed by atoms with E-state index in [1.54, 1.807) is 36.1 Å². The summed E-state index contributed by atoms with van der Waals surface area (Å²) in [6, 6.07) is 9.40. The highest BCUT2D eigenvalue weighted by atomic mass is 32.2. The van der Waals surface area contributed by atoms with Gasteiger partial charge in [0.15, 0.2) is 5.82 Å². The van der Waals surface area contributed by atoms with Crippen molar-refractivity contribution in [2.75, 3.05) is 18.4 Å². The standard InChI is InChI=1S/C22H24N4O3S2/c1-14-11-20(25-29-14)24-21(27)16-7-9-26(10-8-16)22(28)18-5-3-4-6-19(18)31-13-17-12-30-15(2)23-17/h3-6,11-12,16H,7-10,13H2,1-2H3,(H,24,25,27). The number of rotatable bonds is 6. The first-order chi connectivity index (χ1) is 15.0. The van der Waals surface area contributed by atoms with E-state index in [-0.39, 0.29) is 17.7 Å². The third kappa shape index (κ3) is 5.34. The number of thioether (sulfide) groups is 1.